The molecule has 0 aliphatic heterocycles. The number of hydrogen-bond acceptors (Lipinski definition) is 3. The maximum atomic E-state index is 10.4. The van der Waals surface area contributed by atoms with Crippen LogP contribution in [0, 0.1) is 11.8 Å². The molecular formula is C9H10O3. The minimum atomic E-state index is -0.293. The second kappa shape index (κ2) is 3.95. The topological polar surface area (TPSA) is 51.2 Å². The Morgan fingerprint density at radius 1 is 1.17 bits per heavy atom. The summed E-state index contributed by atoms with van der Waals surface area (Å²) >= 11 is 0. The molecule has 1 aliphatic rings. The first-order valence-electron chi connectivity index (χ1n) is 3.89. The van der Waals surface area contributed by atoms with Gasteiger partial charge in [-0.25, -0.2) is 0 Å². The molecule has 0 radical (unpaired) electrons. The first kappa shape index (κ1) is 8.84. The van der Waals surface area contributed by atoms with Gasteiger partial charge in [-0.2, -0.15) is 0 Å². The number of aldehydes is 3. The van der Waals surface area contributed by atoms with Crippen molar-refractivity contribution in [1.82, 2.24) is 0 Å². The summed E-state index contributed by atoms with van der Waals surface area (Å²) in [5.41, 5.74) is 0.452. The van der Waals surface area contributed by atoms with Crippen LogP contribution in [0.1, 0.15) is 12.8 Å². The molecule has 0 fully saturated rings. The molecule has 3 nitrogen and oxygen atoms in total. The summed E-state index contributed by atoms with van der Waals surface area (Å²) in [5.74, 6) is -0.472. The van der Waals surface area contributed by atoms with Crippen LogP contribution >= 0.6 is 0 Å². The van der Waals surface area contributed by atoms with Crippen LogP contribution in [-0.2, 0) is 14.4 Å². The number of carbonyl (C=O) groups excluding carboxylic acids is 3. The molecule has 0 spiro atoms. The maximum Gasteiger partial charge on any atom is 0.146 e. The predicted molar refractivity (Wildman–Crippen MR) is 42.5 cm³/mol. The van der Waals surface area contributed by atoms with Gasteiger partial charge in [-0.3, -0.25) is 4.79 Å². The predicted octanol–water partition coefficient (Wildman–Crippen LogP) is 0.536. The Balaban J connectivity index is 2.82. The van der Waals surface area contributed by atoms with E-state index in [0.29, 0.717) is 24.7 Å². The fourth-order valence-electron chi connectivity index (χ4n) is 1.37. The molecule has 12 heavy (non-hydrogen) atoms. The van der Waals surface area contributed by atoms with Crippen molar-refractivity contribution in [3.8, 4) is 0 Å². The molecule has 0 N–H and O–H groups in total. The lowest BCUT2D eigenvalue weighted by Crippen LogP contribution is -2.16. The molecule has 2 unspecified atom stereocenters. The van der Waals surface area contributed by atoms with Crippen LogP contribution < -0.4 is 0 Å². The minimum absolute atomic E-state index is 0.179. The summed E-state index contributed by atoms with van der Waals surface area (Å²) in [6, 6.07) is 0. The van der Waals surface area contributed by atoms with Gasteiger partial charge < -0.3 is 9.59 Å². The van der Waals surface area contributed by atoms with Gasteiger partial charge in [-0.15, -0.1) is 0 Å². The number of carbonyl (C=O) groups is 3. The zero-order chi connectivity index (χ0) is 8.97. The Hall–Kier alpha value is -1.25. The first-order chi connectivity index (χ1) is 5.81. The third kappa shape index (κ3) is 1.67. The summed E-state index contributed by atoms with van der Waals surface area (Å²) < 4.78 is 0. The Bertz CT molecular complexity index is 230. The van der Waals surface area contributed by atoms with Gasteiger partial charge in [0.2, 0.25) is 0 Å². The van der Waals surface area contributed by atoms with Gasteiger partial charge in [0.1, 0.15) is 18.9 Å². The van der Waals surface area contributed by atoms with Crippen molar-refractivity contribution in [2.75, 3.05) is 0 Å². The molecule has 3 heteroatoms. The molecule has 0 aromatic carbocycles. The fourth-order valence-corrected chi connectivity index (χ4v) is 1.37. The Labute approximate surface area is 70.4 Å². The third-order valence-corrected chi connectivity index (χ3v) is 2.12. The first-order valence-corrected chi connectivity index (χ1v) is 3.89. The minimum Gasteiger partial charge on any atom is -0.303 e. The van der Waals surface area contributed by atoms with Gasteiger partial charge in [0, 0.05) is 11.8 Å². The van der Waals surface area contributed by atoms with Gasteiger partial charge in [0.15, 0.2) is 0 Å². The lowest BCUT2D eigenvalue weighted by atomic mass is 9.84. The highest BCUT2D eigenvalue weighted by Crippen LogP contribution is 2.24. The van der Waals surface area contributed by atoms with Gasteiger partial charge >= 0.3 is 0 Å². The van der Waals surface area contributed by atoms with Crippen LogP contribution in [0.4, 0.5) is 0 Å². The molecule has 0 aromatic rings. The number of rotatable bonds is 3. The van der Waals surface area contributed by atoms with Crippen molar-refractivity contribution in [2.45, 2.75) is 12.8 Å². The van der Waals surface area contributed by atoms with Gasteiger partial charge in [0.05, 0.1) is 0 Å². The van der Waals surface area contributed by atoms with E-state index in [9.17, 15) is 14.4 Å². The van der Waals surface area contributed by atoms with E-state index in [-0.39, 0.29) is 11.8 Å². The van der Waals surface area contributed by atoms with Gasteiger partial charge in [0.25, 0.3) is 0 Å². The molecule has 0 heterocycles. The van der Waals surface area contributed by atoms with E-state index in [4.69, 9.17) is 0 Å². The Kier molecular flexibility index (Phi) is 2.91. The van der Waals surface area contributed by atoms with E-state index >= 15 is 0 Å². The third-order valence-electron chi connectivity index (χ3n) is 2.12. The van der Waals surface area contributed by atoms with Gasteiger partial charge in [-0.05, 0) is 18.4 Å². The lowest BCUT2D eigenvalue weighted by Gasteiger charge is -2.18. The summed E-state index contributed by atoms with van der Waals surface area (Å²) in [6.45, 7) is 0. The van der Waals surface area contributed by atoms with E-state index in [2.05, 4.69) is 0 Å². The molecule has 0 aromatic heterocycles. The van der Waals surface area contributed by atoms with Crippen LogP contribution in [0.3, 0.4) is 0 Å². The smallest absolute Gasteiger partial charge is 0.146 e. The number of hydrogen-bond donors (Lipinski definition) is 0. The summed E-state index contributed by atoms with van der Waals surface area (Å²) in [7, 11) is 0. The lowest BCUT2D eigenvalue weighted by molar-refractivity contribution is -0.114. The molecule has 0 saturated heterocycles. The van der Waals surface area contributed by atoms with E-state index in [1.165, 1.54) is 0 Å². The monoisotopic (exact) mass is 166 g/mol. The highest BCUT2D eigenvalue weighted by molar-refractivity contribution is 5.82. The Morgan fingerprint density at radius 3 is 2.42 bits per heavy atom. The van der Waals surface area contributed by atoms with E-state index < -0.39 is 0 Å². The molecule has 64 valence electrons. The van der Waals surface area contributed by atoms with Gasteiger partial charge in [-0.1, -0.05) is 6.08 Å². The van der Waals surface area contributed by atoms with Crippen molar-refractivity contribution < 1.29 is 14.4 Å². The van der Waals surface area contributed by atoms with Crippen LogP contribution in [0.5, 0.6) is 0 Å². The second-order valence-corrected chi connectivity index (χ2v) is 2.90. The largest absolute Gasteiger partial charge is 0.303 e. The van der Waals surface area contributed by atoms with Crippen LogP contribution in [0.15, 0.2) is 11.6 Å². The van der Waals surface area contributed by atoms with Crippen molar-refractivity contribution in [3.63, 3.8) is 0 Å². The molecule has 2 atom stereocenters. The SMILES string of the molecule is O=CC1=CC(C=O)CCC1C=O. The van der Waals surface area contributed by atoms with Crippen molar-refractivity contribution in [2.24, 2.45) is 11.8 Å². The number of allylic oxidation sites excluding steroid dienone is 2. The fraction of sp³-hybridized carbons (Fsp3) is 0.444. The van der Waals surface area contributed by atoms with Crippen LogP contribution in [-0.4, -0.2) is 18.9 Å². The molecule has 0 amide bonds. The summed E-state index contributed by atoms with van der Waals surface area (Å²) in [6.07, 6.45) is 5.10. The Morgan fingerprint density at radius 2 is 1.92 bits per heavy atom. The molecular weight excluding hydrogens is 156 g/mol. The van der Waals surface area contributed by atoms with Crippen LogP contribution in [0.2, 0.25) is 0 Å². The highest BCUT2D eigenvalue weighted by atomic mass is 16.1. The molecule has 0 bridgehead atoms. The molecule has 1 aliphatic carbocycles. The van der Waals surface area contributed by atoms with Crippen LogP contribution in [0.25, 0.3) is 0 Å². The molecule has 1 rings (SSSR count). The van der Waals surface area contributed by atoms with Crippen molar-refractivity contribution >= 4 is 18.9 Å². The quantitative estimate of drug-likeness (QED) is 0.575. The zero-order valence-electron chi connectivity index (χ0n) is 6.60. The average molecular weight is 166 g/mol. The highest BCUT2D eigenvalue weighted by Gasteiger charge is 2.21. The van der Waals surface area contributed by atoms with E-state index in [1.54, 1.807) is 6.08 Å². The standard InChI is InChI=1S/C9H10O3/c10-4-7-1-2-8(5-11)9(3-7)6-12/h3-8H,1-2H2. The summed E-state index contributed by atoms with van der Waals surface area (Å²) in [5, 5.41) is 0. The molecule has 0 saturated carbocycles. The summed E-state index contributed by atoms with van der Waals surface area (Å²) in [4.78, 5) is 31.3. The van der Waals surface area contributed by atoms with E-state index in [1.807, 2.05) is 0 Å². The van der Waals surface area contributed by atoms with Crippen molar-refractivity contribution in [3.05, 3.63) is 11.6 Å². The van der Waals surface area contributed by atoms with E-state index in [0.717, 1.165) is 12.6 Å². The normalized spacial score (nSPS) is 28.8. The maximum absolute atomic E-state index is 10.4. The van der Waals surface area contributed by atoms with Crippen molar-refractivity contribution in [1.29, 1.82) is 0 Å². The second-order valence-electron chi connectivity index (χ2n) is 2.90. The zero-order valence-corrected chi connectivity index (χ0v) is 6.60. The average Bonchev–Trinajstić information content (AvgIpc) is 2.16.